The average Bonchev–Trinajstić information content (AvgIpc) is 2.74. The fourth-order valence-corrected chi connectivity index (χ4v) is 2.52. The lowest BCUT2D eigenvalue weighted by Gasteiger charge is -2.26. The standard InChI is InChI=1S/C14H19ClN4O3/c1-8(20)18-6-11(21)17-9(13(18)22)5-10-12(14(2,3)4)16-7-19(10)15/h5,16H,6-7H2,1-4H3,(H,17,21)/b9-5-. The highest BCUT2D eigenvalue weighted by Gasteiger charge is 2.33. The first kappa shape index (κ1) is 16.4. The lowest BCUT2D eigenvalue weighted by atomic mass is 9.91. The van der Waals surface area contributed by atoms with Crippen LogP contribution in [0.25, 0.3) is 0 Å². The van der Waals surface area contributed by atoms with Crippen molar-refractivity contribution in [3.8, 4) is 0 Å². The molecule has 8 heteroatoms. The molecule has 22 heavy (non-hydrogen) atoms. The molecule has 2 rings (SSSR count). The number of imide groups is 1. The number of allylic oxidation sites excluding steroid dienone is 2. The number of hydrogen-bond acceptors (Lipinski definition) is 5. The number of nitrogens with zero attached hydrogens (tertiary/aromatic N) is 2. The zero-order valence-electron chi connectivity index (χ0n) is 13.0. The summed E-state index contributed by atoms with van der Waals surface area (Å²) in [5, 5.41) is 5.67. The molecule has 2 N–H and O–H groups in total. The molecule has 0 atom stereocenters. The van der Waals surface area contributed by atoms with Crippen molar-refractivity contribution in [2.24, 2.45) is 5.41 Å². The van der Waals surface area contributed by atoms with Crippen molar-refractivity contribution in [1.29, 1.82) is 0 Å². The highest BCUT2D eigenvalue weighted by molar-refractivity contribution is 6.15. The van der Waals surface area contributed by atoms with Crippen molar-refractivity contribution >= 4 is 29.5 Å². The van der Waals surface area contributed by atoms with Gasteiger partial charge >= 0.3 is 0 Å². The van der Waals surface area contributed by atoms with Crippen molar-refractivity contribution in [3.05, 3.63) is 23.2 Å². The van der Waals surface area contributed by atoms with Gasteiger partial charge in [0.1, 0.15) is 18.9 Å². The second kappa shape index (κ2) is 5.64. The van der Waals surface area contributed by atoms with E-state index in [0.29, 0.717) is 12.4 Å². The van der Waals surface area contributed by atoms with E-state index in [-0.39, 0.29) is 17.7 Å². The number of piperazine rings is 1. The zero-order valence-corrected chi connectivity index (χ0v) is 13.7. The van der Waals surface area contributed by atoms with Crippen LogP contribution in [0, 0.1) is 5.41 Å². The van der Waals surface area contributed by atoms with Gasteiger partial charge in [-0.25, -0.2) is 0 Å². The Labute approximate surface area is 134 Å². The Morgan fingerprint density at radius 2 is 1.95 bits per heavy atom. The van der Waals surface area contributed by atoms with E-state index in [9.17, 15) is 14.4 Å². The summed E-state index contributed by atoms with van der Waals surface area (Å²) in [5.74, 6) is -1.42. The van der Waals surface area contributed by atoms with Crippen LogP contribution in [0.3, 0.4) is 0 Å². The van der Waals surface area contributed by atoms with Gasteiger partial charge in [-0.15, -0.1) is 0 Å². The van der Waals surface area contributed by atoms with Crippen LogP contribution in [0.1, 0.15) is 27.7 Å². The summed E-state index contributed by atoms with van der Waals surface area (Å²) in [6.45, 7) is 7.40. The maximum atomic E-state index is 12.3. The first-order chi connectivity index (χ1) is 10.1. The van der Waals surface area contributed by atoms with Gasteiger partial charge in [-0.05, 0) is 6.08 Å². The van der Waals surface area contributed by atoms with Gasteiger partial charge in [-0.1, -0.05) is 20.8 Å². The van der Waals surface area contributed by atoms with Gasteiger partial charge in [0.15, 0.2) is 0 Å². The Morgan fingerprint density at radius 1 is 1.32 bits per heavy atom. The van der Waals surface area contributed by atoms with Crippen LogP contribution in [0.2, 0.25) is 0 Å². The lowest BCUT2D eigenvalue weighted by molar-refractivity contribution is -0.147. The number of amides is 3. The summed E-state index contributed by atoms with van der Waals surface area (Å²) in [7, 11) is 0. The van der Waals surface area contributed by atoms with E-state index in [1.54, 1.807) is 0 Å². The van der Waals surface area contributed by atoms with E-state index in [1.165, 1.54) is 17.4 Å². The normalized spacial score (nSPS) is 21.4. The molecule has 0 unspecified atom stereocenters. The number of nitrogens with one attached hydrogen (secondary N) is 2. The Hall–Kier alpha value is -2.02. The van der Waals surface area contributed by atoms with E-state index in [1.807, 2.05) is 20.8 Å². The molecule has 3 amide bonds. The van der Waals surface area contributed by atoms with Gasteiger partial charge in [-0.2, -0.15) is 0 Å². The fraction of sp³-hybridized carbons (Fsp3) is 0.500. The van der Waals surface area contributed by atoms with Crippen LogP contribution < -0.4 is 10.6 Å². The molecule has 0 saturated carbocycles. The van der Waals surface area contributed by atoms with E-state index in [4.69, 9.17) is 11.8 Å². The number of halogens is 1. The Morgan fingerprint density at radius 3 is 2.50 bits per heavy atom. The minimum Gasteiger partial charge on any atom is -0.368 e. The molecule has 0 aromatic heterocycles. The summed E-state index contributed by atoms with van der Waals surface area (Å²) in [6.07, 6.45) is 1.50. The molecule has 2 aliphatic rings. The van der Waals surface area contributed by atoms with Gasteiger partial charge in [0.2, 0.25) is 11.8 Å². The van der Waals surface area contributed by atoms with Crippen LogP contribution in [-0.4, -0.2) is 40.3 Å². The summed E-state index contributed by atoms with van der Waals surface area (Å²) < 4.78 is 1.43. The van der Waals surface area contributed by atoms with E-state index in [0.717, 1.165) is 10.6 Å². The third-order valence-corrected chi connectivity index (χ3v) is 3.68. The maximum Gasteiger partial charge on any atom is 0.277 e. The molecule has 0 aliphatic carbocycles. The van der Waals surface area contributed by atoms with Crippen molar-refractivity contribution < 1.29 is 14.4 Å². The van der Waals surface area contributed by atoms with Crippen LogP contribution in [-0.2, 0) is 14.4 Å². The first-order valence-corrected chi connectivity index (χ1v) is 7.21. The molecule has 7 nitrogen and oxygen atoms in total. The van der Waals surface area contributed by atoms with Crippen LogP contribution in [0.5, 0.6) is 0 Å². The number of carbonyl (C=O) groups excluding carboxylic acids is 3. The highest BCUT2D eigenvalue weighted by atomic mass is 35.5. The predicted molar refractivity (Wildman–Crippen MR) is 80.8 cm³/mol. The summed E-state index contributed by atoms with van der Waals surface area (Å²) in [4.78, 5) is 36.3. The molecular formula is C14H19ClN4O3. The predicted octanol–water partition coefficient (Wildman–Crippen LogP) is 0.649. The Bertz CT molecular complexity index is 604. The van der Waals surface area contributed by atoms with Gasteiger partial charge in [0.05, 0.1) is 5.70 Å². The monoisotopic (exact) mass is 326 g/mol. The molecular weight excluding hydrogens is 308 g/mol. The van der Waals surface area contributed by atoms with Gasteiger partial charge < -0.3 is 10.6 Å². The van der Waals surface area contributed by atoms with Crippen molar-refractivity contribution in [2.45, 2.75) is 27.7 Å². The van der Waals surface area contributed by atoms with Crippen molar-refractivity contribution in [3.63, 3.8) is 0 Å². The second-order valence-corrected chi connectivity index (χ2v) is 6.63. The van der Waals surface area contributed by atoms with Gasteiger partial charge in [0.25, 0.3) is 5.91 Å². The number of hydrogen-bond donors (Lipinski definition) is 2. The quantitative estimate of drug-likeness (QED) is 0.546. The minimum atomic E-state index is -0.537. The Kier molecular flexibility index (Phi) is 4.19. The first-order valence-electron chi connectivity index (χ1n) is 6.87. The summed E-state index contributed by atoms with van der Waals surface area (Å²) in [5.41, 5.74) is 1.29. The van der Waals surface area contributed by atoms with Crippen LogP contribution >= 0.6 is 11.8 Å². The van der Waals surface area contributed by atoms with Crippen molar-refractivity contribution in [2.75, 3.05) is 13.2 Å². The molecule has 0 aromatic rings. The topological polar surface area (TPSA) is 81.8 Å². The summed E-state index contributed by atoms with van der Waals surface area (Å²) in [6, 6.07) is 0. The fourth-order valence-electron chi connectivity index (χ4n) is 2.33. The molecule has 2 aliphatic heterocycles. The third kappa shape index (κ3) is 3.09. The molecule has 0 aromatic carbocycles. The number of rotatable bonds is 1. The SMILES string of the molecule is CC(=O)N1CC(=O)N/C(=C\C2=C(C(C)(C)C)NCN2Cl)C1=O. The zero-order chi connectivity index (χ0) is 16.7. The van der Waals surface area contributed by atoms with Gasteiger partial charge in [-0.3, -0.25) is 23.7 Å². The summed E-state index contributed by atoms with van der Waals surface area (Å²) >= 11 is 6.15. The largest absolute Gasteiger partial charge is 0.368 e. The van der Waals surface area contributed by atoms with E-state index in [2.05, 4.69) is 10.6 Å². The van der Waals surface area contributed by atoms with E-state index < -0.39 is 17.7 Å². The molecule has 0 radical (unpaired) electrons. The minimum absolute atomic E-state index is 0.0394. The highest BCUT2D eigenvalue weighted by Crippen LogP contribution is 2.32. The maximum absolute atomic E-state index is 12.3. The van der Waals surface area contributed by atoms with Crippen molar-refractivity contribution in [1.82, 2.24) is 20.0 Å². The molecule has 0 bridgehead atoms. The molecule has 1 saturated heterocycles. The molecule has 120 valence electrons. The Balaban J connectivity index is 2.44. The van der Waals surface area contributed by atoms with E-state index >= 15 is 0 Å². The second-order valence-electron chi connectivity index (χ2n) is 6.22. The van der Waals surface area contributed by atoms with Crippen LogP contribution in [0.15, 0.2) is 23.2 Å². The smallest absolute Gasteiger partial charge is 0.277 e. The van der Waals surface area contributed by atoms with Gasteiger partial charge in [0, 0.05) is 29.8 Å². The lowest BCUT2D eigenvalue weighted by Crippen LogP contribution is -2.51. The average molecular weight is 327 g/mol. The molecule has 0 spiro atoms. The molecule has 2 heterocycles. The third-order valence-electron chi connectivity index (χ3n) is 3.37. The molecule has 1 fully saturated rings. The number of carbonyl (C=O) groups is 3. The van der Waals surface area contributed by atoms with Crippen LogP contribution in [0.4, 0.5) is 0 Å².